The number of benzene rings is 3. The number of rotatable bonds is 6. The summed E-state index contributed by atoms with van der Waals surface area (Å²) in [5, 5.41) is 7.55. The summed E-state index contributed by atoms with van der Waals surface area (Å²) in [6, 6.07) is 21.3. The van der Waals surface area contributed by atoms with Crippen molar-refractivity contribution in [2.45, 2.75) is 19.8 Å². The molecule has 1 saturated heterocycles. The molecule has 1 fully saturated rings. The maximum atomic E-state index is 12.6. The molecule has 1 unspecified atom stereocenters. The summed E-state index contributed by atoms with van der Waals surface area (Å²) in [5.74, 6) is -1.14. The Balaban J connectivity index is 1.38. The normalized spacial score (nSPS) is 15.8. The highest BCUT2D eigenvalue weighted by atomic mass is 16.2. The monoisotopic (exact) mass is 415 g/mol. The van der Waals surface area contributed by atoms with Crippen molar-refractivity contribution in [2.24, 2.45) is 5.92 Å². The summed E-state index contributed by atoms with van der Waals surface area (Å²) >= 11 is 0. The molecule has 6 nitrogen and oxygen atoms in total. The molecule has 3 amide bonds. The first-order valence-corrected chi connectivity index (χ1v) is 10.5. The molecular formula is C25H25N3O3. The van der Waals surface area contributed by atoms with Gasteiger partial charge in [-0.15, -0.1) is 0 Å². The molecule has 2 N–H and O–H groups in total. The van der Waals surface area contributed by atoms with Crippen LogP contribution in [0.2, 0.25) is 0 Å². The first kappa shape index (κ1) is 20.6. The molecule has 0 saturated carbocycles. The number of aryl methyl sites for hydroxylation is 1. The summed E-state index contributed by atoms with van der Waals surface area (Å²) in [6.07, 6.45) is 0.937. The fraction of sp³-hybridized carbons (Fsp3) is 0.240. The van der Waals surface area contributed by atoms with Crippen molar-refractivity contribution in [1.29, 1.82) is 0 Å². The Morgan fingerprint density at radius 3 is 2.58 bits per heavy atom. The summed E-state index contributed by atoms with van der Waals surface area (Å²) in [5.41, 5.74) is 2.60. The third kappa shape index (κ3) is 4.43. The fourth-order valence-corrected chi connectivity index (χ4v) is 4.02. The van der Waals surface area contributed by atoms with Gasteiger partial charge in [0.25, 0.3) is 0 Å². The van der Waals surface area contributed by atoms with Crippen LogP contribution in [0.4, 0.5) is 11.4 Å². The van der Waals surface area contributed by atoms with Gasteiger partial charge in [-0.1, -0.05) is 61.5 Å². The maximum Gasteiger partial charge on any atom is 0.243 e. The lowest BCUT2D eigenvalue weighted by Crippen LogP contribution is -2.38. The molecule has 1 aliphatic rings. The number of anilines is 2. The van der Waals surface area contributed by atoms with Crippen molar-refractivity contribution in [1.82, 2.24) is 5.32 Å². The summed E-state index contributed by atoms with van der Waals surface area (Å²) in [7, 11) is 0. The molecule has 0 bridgehead atoms. The Kier molecular flexibility index (Phi) is 5.98. The van der Waals surface area contributed by atoms with Gasteiger partial charge >= 0.3 is 0 Å². The molecule has 31 heavy (non-hydrogen) atoms. The van der Waals surface area contributed by atoms with E-state index in [1.165, 1.54) is 0 Å². The van der Waals surface area contributed by atoms with Gasteiger partial charge in [-0.2, -0.15) is 0 Å². The largest absolute Gasteiger partial charge is 0.347 e. The van der Waals surface area contributed by atoms with Gasteiger partial charge in [-0.05, 0) is 29.5 Å². The van der Waals surface area contributed by atoms with Crippen LogP contribution >= 0.6 is 0 Å². The standard InChI is InChI=1S/C25H25N3O3/c1-2-17-8-4-6-12-21(17)27-23(29)15-26-25(31)19-14-24(30)28(16-19)22-13-7-10-18-9-3-5-11-20(18)22/h3-13,19H,2,14-16H2,1H3,(H,26,31)(H,27,29). The molecule has 1 aliphatic heterocycles. The van der Waals surface area contributed by atoms with Crippen molar-refractivity contribution < 1.29 is 14.4 Å². The van der Waals surface area contributed by atoms with E-state index in [9.17, 15) is 14.4 Å². The van der Waals surface area contributed by atoms with Crippen LogP contribution in [0.15, 0.2) is 66.7 Å². The van der Waals surface area contributed by atoms with Gasteiger partial charge in [0.2, 0.25) is 17.7 Å². The quantitative estimate of drug-likeness (QED) is 0.647. The number of hydrogen-bond donors (Lipinski definition) is 2. The van der Waals surface area contributed by atoms with E-state index in [1.807, 2.05) is 73.7 Å². The van der Waals surface area contributed by atoms with Gasteiger partial charge in [-0.3, -0.25) is 14.4 Å². The number of hydrogen-bond acceptors (Lipinski definition) is 3. The summed E-state index contributed by atoms with van der Waals surface area (Å²) in [6.45, 7) is 2.19. The van der Waals surface area contributed by atoms with Crippen LogP contribution in [-0.2, 0) is 20.8 Å². The van der Waals surface area contributed by atoms with Gasteiger partial charge in [0.1, 0.15) is 0 Å². The van der Waals surface area contributed by atoms with Gasteiger partial charge < -0.3 is 15.5 Å². The van der Waals surface area contributed by atoms with E-state index in [0.29, 0.717) is 6.54 Å². The first-order chi connectivity index (χ1) is 15.1. The molecule has 0 radical (unpaired) electrons. The van der Waals surface area contributed by atoms with E-state index in [1.54, 1.807) is 4.90 Å². The van der Waals surface area contributed by atoms with Crippen LogP contribution in [0.25, 0.3) is 10.8 Å². The first-order valence-electron chi connectivity index (χ1n) is 10.5. The molecule has 3 aromatic rings. The second-order valence-electron chi connectivity index (χ2n) is 7.68. The van der Waals surface area contributed by atoms with Crippen LogP contribution in [0.3, 0.4) is 0 Å². The number of fused-ring (bicyclic) bond motifs is 1. The highest BCUT2D eigenvalue weighted by Crippen LogP contribution is 2.31. The van der Waals surface area contributed by atoms with E-state index < -0.39 is 5.92 Å². The minimum atomic E-state index is -0.484. The van der Waals surface area contributed by atoms with Crippen LogP contribution in [-0.4, -0.2) is 30.8 Å². The number of nitrogens with zero attached hydrogens (tertiary/aromatic N) is 1. The fourth-order valence-electron chi connectivity index (χ4n) is 4.02. The van der Waals surface area contributed by atoms with Crippen molar-refractivity contribution in [3.63, 3.8) is 0 Å². The number of carbonyl (C=O) groups is 3. The third-order valence-electron chi connectivity index (χ3n) is 5.65. The second kappa shape index (κ2) is 9.00. The Hall–Kier alpha value is -3.67. The minimum Gasteiger partial charge on any atom is -0.347 e. The SMILES string of the molecule is CCc1ccccc1NC(=O)CNC(=O)C1CC(=O)N(c2cccc3ccccc23)C1. The molecule has 1 atom stereocenters. The smallest absolute Gasteiger partial charge is 0.243 e. The van der Waals surface area contributed by atoms with Crippen LogP contribution in [0.1, 0.15) is 18.9 Å². The van der Waals surface area contributed by atoms with E-state index in [-0.39, 0.29) is 30.7 Å². The third-order valence-corrected chi connectivity index (χ3v) is 5.65. The van der Waals surface area contributed by atoms with E-state index in [4.69, 9.17) is 0 Å². The number of para-hydroxylation sites is 1. The molecule has 0 aliphatic carbocycles. The Morgan fingerprint density at radius 2 is 1.74 bits per heavy atom. The number of amides is 3. The van der Waals surface area contributed by atoms with Crippen molar-refractivity contribution in [3.8, 4) is 0 Å². The minimum absolute atomic E-state index is 0.0853. The topological polar surface area (TPSA) is 78.5 Å². The molecule has 0 aromatic heterocycles. The molecular weight excluding hydrogens is 390 g/mol. The van der Waals surface area contributed by atoms with E-state index >= 15 is 0 Å². The Labute approximate surface area is 181 Å². The predicted molar refractivity (Wildman–Crippen MR) is 122 cm³/mol. The summed E-state index contributed by atoms with van der Waals surface area (Å²) in [4.78, 5) is 39.3. The molecule has 3 aromatic carbocycles. The maximum absolute atomic E-state index is 12.6. The Morgan fingerprint density at radius 1 is 1.00 bits per heavy atom. The van der Waals surface area contributed by atoms with Crippen LogP contribution in [0.5, 0.6) is 0 Å². The van der Waals surface area contributed by atoms with Gasteiger partial charge in [0.05, 0.1) is 18.2 Å². The molecule has 0 spiro atoms. The summed E-state index contributed by atoms with van der Waals surface area (Å²) < 4.78 is 0. The van der Waals surface area contributed by atoms with E-state index in [2.05, 4.69) is 10.6 Å². The predicted octanol–water partition coefficient (Wildman–Crippen LogP) is 3.51. The van der Waals surface area contributed by atoms with Crippen molar-refractivity contribution in [2.75, 3.05) is 23.3 Å². The zero-order valence-corrected chi connectivity index (χ0v) is 17.4. The number of carbonyl (C=O) groups excluding carboxylic acids is 3. The van der Waals surface area contributed by atoms with E-state index in [0.717, 1.165) is 34.1 Å². The highest BCUT2D eigenvalue weighted by Gasteiger charge is 2.35. The average Bonchev–Trinajstić information content (AvgIpc) is 3.19. The zero-order chi connectivity index (χ0) is 21.8. The average molecular weight is 415 g/mol. The molecule has 1 heterocycles. The van der Waals surface area contributed by atoms with Gasteiger partial charge in [0, 0.05) is 24.0 Å². The Bertz CT molecular complexity index is 1140. The lowest BCUT2D eigenvalue weighted by Gasteiger charge is -2.19. The molecule has 4 rings (SSSR count). The second-order valence-corrected chi connectivity index (χ2v) is 7.68. The highest BCUT2D eigenvalue weighted by molar-refractivity contribution is 6.07. The van der Waals surface area contributed by atoms with Crippen LogP contribution < -0.4 is 15.5 Å². The lowest BCUT2D eigenvalue weighted by atomic mass is 10.1. The van der Waals surface area contributed by atoms with Crippen LogP contribution in [0, 0.1) is 5.92 Å². The number of nitrogens with one attached hydrogen (secondary N) is 2. The zero-order valence-electron chi connectivity index (χ0n) is 17.4. The van der Waals surface area contributed by atoms with Crippen molar-refractivity contribution >= 4 is 39.9 Å². The van der Waals surface area contributed by atoms with Gasteiger partial charge in [0.15, 0.2) is 0 Å². The van der Waals surface area contributed by atoms with Gasteiger partial charge in [-0.25, -0.2) is 0 Å². The lowest BCUT2D eigenvalue weighted by molar-refractivity contribution is -0.127. The molecule has 6 heteroatoms. The molecule has 158 valence electrons. The van der Waals surface area contributed by atoms with Crippen molar-refractivity contribution in [3.05, 3.63) is 72.3 Å².